The lowest BCUT2D eigenvalue weighted by molar-refractivity contribution is -0.384. The second kappa shape index (κ2) is 8.48. The molecule has 1 aromatic heterocycles. The Kier molecular flexibility index (Phi) is 6.35. The monoisotopic (exact) mass is 360 g/mol. The van der Waals surface area contributed by atoms with Crippen molar-refractivity contribution >= 4 is 29.6 Å². The van der Waals surface area contributed by atoms with Gasteiger partial charge in [0.1, 0.15) is 0 Å². The summed E-state index contributed by atoms with van der Waals surface area (Å²) >= 11 is 1.30. The molecule has 1 aromatic carbocycles. The van der Waals surface area contributed by atoms with Crippen LogP contribution in [0.5, 0.6) is 0 Å². The molecule has 0 aliphatic carbocycles. The van der Waals surface area contributed by atoms with Crippen molar-refractivity contribution < 1.29 is 9.72 Å². The lowest BCUT2D eigenvalue weighted by Gasteiger charge is -2.04. The van der Waals surface area contributed by atoms with E-state index in [0.717, 1.165) is 28.4 Å². The number of nitrogens with zero attached hydrogens (tertiary/aromatic N) is 3. The van der Waals surface area contributed by atoms with Gasteiger partial charge in [0.2, 0.25) is 5.91 Å². The van der Waals surface area contributed by atoms with E-state index < -0.39 is 4.92 Å². The average molecular weight is 360 g/mol. The van der Waals surface area contributed by atoms with Gasteiger partial charge in [-0.15, -0.1) is 11.8 Å². The first-order valence-corrected chi connectivity index (χ1v) is 8.76. The van der Waals surface area contributed by atoms with Crippen LogP contribution in [0.1, 0.15) is 23.9 Å². The zero-order valence-corrected chi connectivity index (χ0v) is 15.2. The molecule has 1 N–H and O–H groups in total. The number of aryl methyl sites for hydroxylation is 1. The summed E-state index contributed by atoms with van der Waals surface area (Å²) in [7, 11) is 0. The van der Waals surface area contributed by atoms with Crippen LogP contribution in [0.2, 0.25) is 0 Å². The molecule has 0 spiro atoms. The molecule has 1 heterocycles. The number of carbonyl (C=O) groups is 1. The van der Waals surface area contributed by atoms with E-state index in [1.54, 1.807) is 18.3 Å². The van der Waals surface area contributed by atoms with Crippen LogP contribution in [-0.4, -0.2) is 27.4 Å². The van der Waals surface area contributed by atoms with Crippen molar-refractivity contribution in [3.8, 4) is 0 Å². The number of carbonyl (C=O) groups excluding carboxylic acids is 1. The summed E-state index contributed by atoms with van der Waals surface area (Å²) in [6, 6.07) is 8.11. The molecule has 0 saturated carbocycles. The minimum absolute atomic E-state index is 0.0306. The number of non-ortho nitro benzene ring substituents is 1. The highest BCUT2D eigenvalue weighted by molar-refractivity contribution is 8.00. The van der Waals surface area contributed by atoms with Crippen molar-refractivity contribution in [2.45, 2.75) is 32.2 Å². The molecular formula is C17H20N4O3S. The van der Waals surface area contributed by atoms with Gasteiger partial charge in [-0.3, -0.25) is 14.9 Å². The number of hydrogen-bond acceptors (Lipinski definition) is 5. The standard InChI is InChI=1S/C17H20N4O3S/c1-4-20-12(2)9-14(13(20)3)10-18-19-17(22)11-25-16-7-5-15(6-8-16)21(23)24/h5-10H,4,11H2,1-3H3,(H,19,22)/b18-10-. The van der Waals surface area contributed by atoms with Crippen LogP contribution >= 0.6 is 11.8 Å². The van der Waals surface area contributed by atoms with E-state index in [1.807, 2.05) is 19.9 Å². The van der Waals surface area contributed by atoms with Crippen molar-refractivity contribution in [1.82, 2.24) is 9.99 Å². The van der Waals surface area contributed by atoms with Gasteiger partial charge in [-0.1, -0.05) is 0 Å². The third-order valence-electron chi connectivity index (χ3n) is 3.74. The molecule has 0 atom stereocenters. The van der Waals surface area contributed by atoms with E-state index in [9.17, 15) is 14.9 Å². The summed E-state index contributed by atoms with van der Waals surface area (Å²) in [5.74, 6) is -0.0488. The van der Waals surface area contributed by atoms with Gasteiger partial charge < -0.3 is 4.57 Å². The molecule has 0 radical (unpaired) electrons. The van der Waals surface area contributed by atoms with E-state index in [4.69, 9.17) is 0 Å². The lowest BCUT2D eigenvalue weighted by Crippen LogP contribution is -2.19. The first-order chi connectivity index (χ1) is 11.9. The number of thioether (sulfide) groups is 1. The Morgan fingerprint density at radius 1 is 1.36 bits per heavy atom. The molecule has 2 aromatic rings. The predicted octanol–water partition coefficient (Wildman–Crippen LogP) is 3.28. The van der Waals surface area contributed by atoms with Crippen molar-refractivity contribution in [1.29, 1.82) is 0 Å². The third-order valence-corrected chi connectivity index (χ3v) is 4.75. The van der Waals surface area contributed by atoms with E-state index in [-0.39, 0.29) is 17.3 Å². The van der Waals surface area contributed by atoms with E-state index in [0.29, 0.717) is 0 Å². The Labute approximate surface area is 150 Å². The van der Waals surface area contributed by atoms with Crippen molar-refractivity contribution in [3.05, 3.63) is 57.4 Å². The highest BCUT2D eigenvalue weighted by Crippen LogP contribution is 2.21. The molecule has 7 nitrogen and oxygen atoms in total. The Balaban J connectivity index is 1.85. The van der Waals surface area contributed by atoms with Crippen LogP contribution in [0.4, 0.5) is 5.69 Å². The Morgan fingerprint density at radius 2 is 2.04 bits per heavy atom. The molecule has 0 aliphatic rings. The van der Waals surface area contributed by atoms with Crippen molar-refractivity contribution in [3.63, 3.8) is 0 Å². The zero-order chi connectivity index (χ0) is 18.4. The second-order valence-electron chi connectivity index (χ2n) is 5.40. The molecule has 0 bridgehead atoms. The molecule has 1 amide bonds. The minimum Gasteiger partial charge on any atom is -0.349 e. The van der Waals surface area contributed by atoms with Gasteiger partial charge in [0.05, 0.1) is 16.9 Å². The van der Waals surface area contributed by atoms with Crippen LogP contribution in [0.25, 0.3) is 0 Å². The number of aromatic nitrogens is 1. The molecule has 132 valence electrons. The van der Waals surface area contributed by atoms with Crippen LogP contribution < -0.4 is 5.43 Å². The van der Waals surface area contributed by atoms with Gasteiger partial charge in [-0.05, 0) is 39.0 Å². The first-order valence-electron chi connectivity index (χ1n) is 7.78. The van der Waals surface area contributed by atoms with E-state index >= 15 is 0 Å². The van der Waals surface area contributed by atoms with Crippen molar-refractivity contribution in [2.75, 3.05) is 5.75 Å². The van der Waals surface area contributed by atoms with Crippen LogP contribution in [-0.2, 0) is 11.3 Å². The van der Waals surface area contributed by atoms with Crippen LogP contribution in [0.15, 0.2) is 40.3 Å². The van der Waals surface area contributed by atoms with Gasteiger partial charge >= 0.3 is 0 Å². The number of hydrazone groups is 1. The number of nitro groups is 1. The molecule has 0 unspecified atom stereocenters. The first kappa shape index (κ1) is 18.7. The summed E-state index contributed by atoms with van der Waals surface area (Å²) in [5, 5.41) is 14.6. The number of rotatable bonds is 7. The van der Waals surface area contributed by atoms with Crippen LogP contribution in [0.3, 0.4) is 0 Å². The average Bonchev–Trinajstić information content (AvgIpc) is 2.86. The Morgan fingerprint density at radius 3 is 2.60 bits per heavy atom. The van der Waals surface area contributed by atoms with Crippen LogP contribution in [0, 0.1) is 24.0 Å². The lowest BCUT2D eigenvalue weighted by atomic mass is 10.3. The number of amides is 1. The summed E-state index contributed by atoms with van der Waals surface area (Å²) in [4.78, 5) is 22.8. The molecule has 0 saturated heterocycles. The third kappa shape index (κ3) is 4.93. The number of hydrogen-bond donors (Lipinski definition) is 1. The maximum Gasteiger partial charge on any atom is 0.269 e. The normalized spacial score (nSPS) is 11.0. The molecule has 0 fully saturated rings. The maximum atomic E-state index is 11.8. The fourth-order valence-electron chi connectivity index (χ4n) is 2.46. The highest BCUT2D eigenvalue weighted by Gasteiger charge is 2.07. The summed E-state index contributed by atoms with van der Waals surface area (Å²) in [5.41, 5.74) is 5.77. The van der Waals surface area contributed by atoms with Gasteiger partial charge in [0.25, 0.3) is 5.69 Å². The molecule has 0 aliphatic heterocycles. The molecular weight excluding hydrogens is 340 g/mol. The summed E-state index contributed by atoms with van der Waals surface area (Å²) < 4.78 is 2.17. The molecule has 2 rings (SSSR count). The maximum absolute atomic E-state index is 11.8. The SMILES string of the molecule is CCn1c(C)cc(/C=N\NC(=O)CSc2ccc([N+](=O)[O-])cc2)c1C. The smallest absolute Gasteiger partial charge is 0.269 e. The second-order valence-corrected chi connectivity index (χ2v) is 6.45. The number of nitro benzene ring substituents is 1. The zero-order valence-electron chi connectivity index (χ0n) is 14.4. The predicted molar refractivity (Wildman–Crippen MR) is 99.1 cm³/mol. The van der Waals surface area contributed by atoms with Gasteiger partial charge in [-0.2, -0.15) is 5.10 Å². The van der Waals surface area contributed by atoms with Crippen molar-refractivity contribution in [2.24, 2.45) is 5.10 Å². The number of benzene rings is 1. The van der Waals surface area contributed by atoms with Gasteiger partial charge in [0, 0.05) is 40.5 Å². The summed E-state index contributed by atoms with van der Waals surface area (Å²) in [6.07, 6.45) is 1.64. The minimum atomic E-state index is -0.453. The van der Waals surface area contributed by atoms with Gasteiger partial charge in [0.15, 0.2) is 0 Å². The largest absolute Gasteiger partial charge is 0.349 e. The summed E-state index contributed by atoms with van der Waals surface area (Å²) in [6.45, 7) is 7.03. The van der Waals surface area contributed by atoms with E-state index in [1.165, 1.54) is 23.9 Å². The number of nitrogens with one attached hydrogen (secondary N) is 1. The highest BCUT2D eigenvalue weighted by atomic mass is 32.2. The molecule has 25 heavy (non-hydrogen) atoms. The fraction of sp³-hybridized carbons (Fsp3) is 0.294. The van der Waals surface area contributed by atoms with E-state index in [2.05, 4.69) is 22.0 Å². The van der Waals surface area contributed by atoms with Gasteiger partial charge in [-0.25, -0.2) is 5.43 Å². The molecule has 8 heteroatoms. The topological polar surface area (TPSA) is 89.5 Å². The fourth-order valence-corrected chi connectivity index (χ4v) is 3.15. The quantitative estimate of drug-likeness (QED) is 0.355. The Hall–Kier alpha value is -2.61. The Bertz CT molecular complexity index is 797.